The average molecular weight is 388 g/mol. The first kappa shape index (κ1) is 19.3. The van der Waals surface area contributed by atoms with E-state index in [2.05, 4.69) is 21.2 Å². The number of amides is 1. The van der Waals surface area contributed by atoms with Gasteiger partial charge in [0.2, 0.25) is 0 Å². The molecule has 0 spiro atoms. The molecule has 1 amide bonds. The van der Waals surface area contributed by atoms with E-state index in [-0.39, 0.29) is 18.1 Å². The average Bonchev–Trinajstić information content (AvgIpc) is 2.50. The molecule has 0 aromatic heterocycles. The molecule has 0 fully saturated rings. The zero-order chi connectivity index (χ0) is 17.4. The van der Waals surface area contributed by atoms with E-state index in [4.69, 9.17) is 14.2 Å². The number of benzene rings is 1. The van der Waals surface area contributed by atoms with Crippen LogP contribution in [0.25, 0.3) is 0 Å². The second-order valence-electron chi connectivity index (χ2n) is 5.20. The topological polar surface area (TPSA) is 73.9 Å². The molecule has 0 aliphatic heterocycles. The highest BCUT2D eigenvalue weighted by molar-refractivity contribution is 9.10. The molecule has 0 saturated heterocycles. The van der Waals surface area contributed by atoms with E-state index in [0.29, 0.717) is 35.0 Å². The van der Waals surface area contributed by atoms with Crippen molar-refractivity contribution < 1.29 is 23.8 Å². The molecule has 128 valence electrons. The van der Waals surface area contributed by atoms with Gasteiger partial charge in [-0.15, -0.1) is 0 Å². The van der Waals surface area contributed by atoms with Crippen molar-refractivity contribution in [3.8, 4) is 11.5 Å². The van der Waals surface area contributed by atoms with Crippen LogP contribution in [-0.4, -0.2) is 38.7 Å². The van der Waals surface area contributed by atoms with Crippen LogP contribution in [0, 0.1) is 5.92 Å². The van der Waals surface area contributed by atoms with Crippen LogP contribution in [0.5, 0.6) is 11.5 Å². The third-order valence-corrected chi connectivity index (χ3v) is 3.38. The Labute approximate surface area is 144 Å². The first-order valence-corrected chi connectivity index (χ1v) is 8.12. The maximum Gasteiger partial charge on any atom is 0.338 e. The number of carbonyl (C=O) groups excluding carboxylic acids is 2. The van der Waals surface area contributed by atoms with Crippen LogP contribution < -0.4 is 14.8 Å². The Hall–Kier alpha value is -1.76. The summed E-state index contributed by atoms with van der Waals surface area (Å²) >= 11 is 3.33. The van der Waals surface area contributed by atoms with Crippen LogP contribution in [0.3, 0.4) is 0 Å². The van der Waals surface area contributed by atoms with Crippen molar-refractivity contribution in [2.45, 2.75) is 20.8 Å². The minimum atomic E-state index is -0.603. The number of hydrogen-bond donors (Lipinski definition) is 1. The summed E-state index contributed by atoms with van der Waals surface area (Å²) in [5.41, 5.74) is 0.276. The smallest absolute Gasteiger partial charge is 0.338 e. The molecule has 0 radical (unpaired) electrons. The van der Waals surface area contributed by atoms with Crippen molar-refractivity contribution in [3.63, 3.8) is 0 Å². The highest BCUT2D eigenvalue weighted by Gasteiger charge is 2.17. The van der Waals surface area contributed by atoms with Gasteiger partial charge in [-0.1, -0.05) is 13.8 Å². The van der Waals surface area contributed by atoms with Gasteiger partial charge in [0.25, 0.3) is 5.91 Å². The first-order valence-electron chi connectivity index (χ1n) is 7.33. The zero-order valence-corrected chi connectivity index (χ0v) is 15.4. The number of rotatable bonds is 8. The Morgan fingerprint density at radius 2 is 2.00 bits per heavy atom. The Morgan fingerprint density at radius 3 is 2.57 bits per heavy atom. The number of nitrogens with one attached hydrogen (secondary N) is 1. The molecular weight excluding hydrogens is 366 g/mol. The lowest BCUT2D eigenvalue weighted by Crippen LogP contribution is -2.31. The lowest BCUT2D eigenvalue weighted by atomic mass is 10.2. The number of ether oxygens (including phenoxy) is 3. The lowest BCUT2D eigenvalue weighted by Gasteiger charge is -2.13. The second-order valence-corrected chi connectivity index (χ2v) is 6.05. The lowest BCUT2D eigenvalue weighted by molar-refractivity contribution is -0.124. The molecule has 1 N–H and O–H groups in total. The summed E-state index contributed by atoms with van der Waals surface area (Å²) in [6.45, 7) is 6.45. The molecular formula is C16H22BrNO5. The third kappa shape index (κ3) is 6.09. The summed E-state index contributed by atoms with van der Waals surface area (Å²) in [6.07, 6.45) is 0. The van der Waals surface area contributed by atoms with Crippen LogP contribution in [0.15, 0.2) is 16.6 Å². The van der Waals surface area contributed by atoms with Crippen LogP contribution in [0.1, 0.15) is 31.1 Å². The number of halogens is 1. The summed E-state index contributed by atoms with van der Waals surface area (Å²) in [5.74, 6) is 0.332. The van der Waals surface area contributed by atoms with Gasteiger partial charge in [0.05, 0.1) is 23.8 Å². The van der Waals surface area contributed by atoms with E-state index in [1.165, 1.54) is 13.2 Å². The van der Waals surface area contributed by atoms with Crippen LogP contribution >= 0.6 is 15.9 Å². The molecule has 7 heteroatoms. The molecule has 0 saturated carbocycles. The van der Waals surface area contributed by atoms with Gasteiger partial charge in [0.1, 0.15) is 0 Å². The summed E-state index contributed by atoms with van der Waals surface area (Å²) in [4.78, 5) is 23.7. The predicted octanol–water partition coefficient (Wildman–Crippen LogP) is 2.79. The normalized spacial score (nSPS) is 10.3. The van der Waals surface area contributed by atoms with Gasteiger partial charge in [0, 0.05) is 6.54 Å². The maximum absolute atomic E-state index is 12.1. The molecule has 1 rings (SSSR count). The third-order valence-electron chi connectivity index (χ3n) is 2.79. The van der Waals surface area contributed by atoms with Crippen molar-refractivity contribution >= 4 is 27.8 Å². The zero-order valence-electron chi connectivity index (χ0n) is 13.8. The van der Waals surface area contributed by atoms with E-state index in [9.17, 15) is 9.59 Å². The Bertz CT molecular complexity index is 560. The van der Waals surface area contributed by atoms with Crippen molar-refractivity contribution in [2.75, 3.05) is 26.9 Å². The second kappa shape index (κ2) is 9.39. The van der Waals surface area contributed by atoms with Gasteiger partial charge < -0.3 is 19.5 Å². The first-order chi connectivity index (χ1) is 10.9. The molecule has 6 nitrogen and oxygen atoms in total. The van der Waals surface area contributed by atoms with Crippen LogP contribution in [0.4, 0.5) is 0 Å². The number of hydrogen-bond acceptors (Lipinski definition) is 5. The minimum absolute atomic E-state index is 0.276. The summed E-state index contributed by atoms with van der Waals surface area (Å²) in [5, 5.41) is 2.68. The van der Waals surface area contributed by atoms with E-state index in [1.807, 2.05) is 20.8 Å². The van der Waals surface area contributed by atoms with Crippen molar-refractivity contribution in [3.05, 3.63) is 22.2 Å². The Kier molecular flexibility index (Phi) is 7.88. The molecule has 1 aromatic carbocycles. The van der Waals surface area contributed by atoms with E-state index >= 15 is 0 Å². The SMILES string of the molecule is CCOc1cc(C(=O)OCC(=O)NCC(C)C)cc(Br)c1OC. The van der Waals surface area contributed by atoms with Crippen LogP contribution in [-0.2, 0) is 9.53 Å². The van der Waals surface area contributed by atoms with Gasteiger partial charge in [-0.25, -0.2) is 4.79 Å². The van der Waals surface area contributed by atoms with Gasteiger partial charge in [-0.05, 0) is 40.9 Å². The largest absolute Gasteiger partial charge is 0.492 e. The summed E-state index contributed by atoms with van der Waals surface area (Å²) in [7, 11) is 1.51. The van der Waals surface area contributed by atoms with Gasteiger partial charge in [-0.2, -0.15) is 0 Å². The number of carbonyl (C=O) groups is 2. The maximum atomic E-state index is 12.1. The summed E-state index contributed by atoms with van der Waals surface area (Å²) < 4.78 is 16.3. The highest BCUT2D eigenvalue weighted by Crippen LogP contribution is 2.36. The monoisotopic (exact) mass is 387 g/mol. The fourth-order valence-corrected chi connectivity index (χ4v) is 2.33. The van der Waals surface area contributed by atoms with Crippen molar-refractivity contribution in [2.24, 2.45) is 5.92 Å². The van der Waals surface area contributed by atoms with Gasteiger partial charge in [0.15, 0.2) is 18.1 Å². The van der Waals surface area contributed by atoms with Crippen molar-refractivity contribution in [1.29, 1.82) is 0 Å². The molecule has 0 aliphatic carbocycles. The Morgan fingerprint density at radius 1 is 1.30 bits per heavy atom. The van der Waals surface area contributed by atoms with Gasteiger partial charge >= 0.3 is 5.97 Å². The fraction of sp³-hybridized carbons (Fsp3) is 0.500. The molecule has 0 heterocycles. The van der Waals surface area contributed by atoms with E-state index in [1.54, 1.807) is 6.07 Å². The number of methoxy groups -OCH3 is 1. The predicted molar refractivity (Wildman–Crippen MR) is 90.0 cm³/mol. The molecule has 0 atom stereocenters. The molecule has 0 aliphatic rings. The van der Waals surface area contributed by atoms with E-state index < -0.39 is 5.97 Å². The summed E-state index contributed by atoms with van der Waals surface area (Å²) in [6, 6.07) is 3.09. The van der Waals surface area contributed by atoms with Crippen LogP contribution in [0.2, 0.25) is 0 Å². The fourth-order valence-electron chi connectivity index (χ4n) is 1.73. The standard InChI is InChI=1S/C16H22BrNO5/c1-5-22-13-7-11(6-12(17)15(13)21-4)16(20)23-9-14(19)18-8-10(2)3/h6-7,10H,5,8-9H2,1-4H3,(H,18,19). The molecule has 23 heavy (non-hydrogen) atoms. The number of esters is 1. The quantitative estimate of drug-likeness (QED) is 0.694. The minimum Gasteiger partial charge on any atom is -0.492 e. The van der Waals surface area contributed by atoms with Gasteiger partial charge in [-0.3, -0.25) is 4.79 Å². The van der Waals surface area contributed by atoms with E-state index in [0.717, 1.165) is 0 Å². The Balaban J connectivity index is 2.74. The highest BCUT2D eigenvalue weighted by atomic mass is 79.9. The molecule has 1 aromatic rings. The van der Waals surface area contributed by atoms with Crippen molar-refractivity contribution in [1.82, 2.24) is 5.32 Å². The molecule has 0 bridgehead atoms. The molecule has 0 unspecified atom stereocenters.